The SMILES string of the molecule is Cc1ccccc1CP(=O)(O)O.[Sb]. The van der Waals surface area contributed by atoms with Crippen LogP contribution in [-0.2, 0) is 10.7 Å². The summed E-state index contributed by atoms with van der Waals surface area (Å²) in [6, 6.07) is 7.19. The van der Waals surface area contributed by atoms with Crippen LogP contribution in [0.15, 0.2) is 24.3 Å². The van der Waals surface area contributed by atoms with E-state index >= 15 is 0 Å². The molecule has 2 N–H and O–H groups in total. The van der Waals surface area contributed by atoms with Crippen LogP contribution >= 0.6 is 7.60 Å². The summed E-state index contributed by atoms with van der Waals surface area (Å²) in [5, 5.41) is 0. The van der Waals surface area contributed by atoms with Gasteiger partial charge in [-0.25, -0.2) is 0 Å². The standard InChI is InChI=1S/C8H11O3P.Sb/c1-7-4-2-3-5-8(7)6-12(9,10)11;/h2-5H,6H2,1H3,(H2,9,10,11);. The molecular weight excluding hydrogens is 297 g/mol. The molecule has 1 aromatic carbocycles. The third-order valence-corrected chi connectivity index (χ3v) is 2.39. The average Bonchev–Trinajstić information content (AvgIpc) is 1.91. The van der Waals surface area contributed by atoms with Crippen LogP contribution < -0.4 is 0 Å². The van der Waals surface area contributed by atoms with Crippen LogP contribution in [0.25, 0.3) is 0 Å². The van der Waals surface area contributed by atoms with Crippen LogP contribution in [0.3, 0.4) is 0 Å². The molecule has 3 nitrogen and oxygen atoms in total. The van der Waals surface area contributed by atoms with Crippen molar-refractivity contribution in [3.8, 4) is 0 Å². The second-order valence-electron chi connectivity index (χ2n) is 2.75. The Hall–Kier alpha value is 0.188. The first-order chi connectivity index (χ1) is 5.49. The van der Waals surface area contributed by atoms with Crippen molar-refractivity contribution >= 4 is 32.0 Å². The zero-order valence-electron chi connectivity index (χ0n) is 7.21. The van der Waals surface area contributed by atoms with Gasteiger partial charge in [0.25, 0.3) is 0 Å². The van der Waals surface area contributed by atoms with Gasteiger partial charge >= 0.3 is 7.60 Å². The summed E-state index contributed by atoms with van der Waals surface area (Å²) in [4.78, 5) is 17.4. The summed E-state index contributed by atoms with van der Waals surface area (Å²) in [5.41, 5.74) is 1.63. The quantitative estimate of drug-likeness (QED) is 0.639. The maximum absolute atomic E-state index is 10.6. The van der Waals surface area contributed by atoms with E-state index in [1.807, 2.05) is 19.1 Å². The van der Waals surface area contributed by atoms with E-state index in [9.17, 15) is 4.57 Å². The van der Waals surface area contributed by atoms with Crippen molar-refractivity contribution in [3.05, 3.63) is 35.4 Å². The van der Waals surface area contributed by atoms with E-state index in [0.717, 1.165) is 5.56 Å². The van der Waals surface area contributed by atoms with Crippen LogP contribution in [0, 0.1) is 6.92 Å². The molecule has 0 fully saturated rings. The second kappa shape index (κ2) is 5.16. The summed E-state index contributed by atoms with van der Waals surface area (Å²) < 4.78 is 10.6. The topological polar surface area (TPSA) is 57.5 Å². The number of benzene rings is 1. The maximum atomic E-state index is 10.6. The average molecular weight is 308 g/mol. The van der Waals surface area contributed by atoms with Crippen molar-refractivity contribution in [2.45, 2.75) is 13.1 Å². The van der Waals surface area contributed by atoms with E-state index in [1.165, 1.54) is 0 Å². The van der Waals surface area contributed by atoms with Crippen molar-refractivity contribution < 1.29 is 14.4 Å². The van der Waals surface area contributed by atoms with E-state index in [-0.39, 0.29) is 30.6 Å². The van der Waals surface area contributed by atoms with Crippen molar-refractivity contribution in [1.29, 1.82) is 0 Å². The fraction of sp³-hybridized carbons (Fsp3) is 0.250. The van der Waals surface area contributed by atoms with E-state index < -0.39 is 7.60 Å². The fourth-order valence-electron chi connectivity index (χ4n) is 1.01. The third kappa shape index (κ3) is 4.83. The normalized spacial score (nSPS) is 10.7. The van der Waals surface area contributed by atoms with Crippen molar-refractivity contribution in [1.82, 2.24) is 0 Å². The van der Waals surface area contributed by atoms with Crippen LogP contribution in [0.4, 0.5) is 0 Å². The van der Waals surface area contributed by atoms with E-state index in [0.29, 0.717) is 5.56 Å². The Labute approximate surface area is 94.8 Å². The molecule has 0 aromatic heterocycles. The molecule has 0 aliphatic carbocycles. The molecule has 0 atom stereocenters. The van der Waals surface area contributed by atoms with Gasteiger partial charge in [0.1, 0.15) is 0 Å². The molecule has 0 saturated carbocycles. The molecule has 5 heteroatoms. The number of aryl methyl sites for hydroxylation is 1. The monoisotopic (exact) mass is 307 g/mol. The second-order valence-corrected chi connectivity index (χ2v) is 4.39. The number of hydrogen-bond acceptors (Lipinski definition) is 1. The molecule has 1 rings (SSSR count). The van der Waals surface area contributed by atoms with Crippen LogP contribution in [0.1, 0.15) is 11.1 Å². The van der Waals surface area contributed by atoms with Crippen molar-refractivity contribution in [2.75, 3.05) is 0 Å². The zero-order valence-corrected chi connectivity index (χ0v) is 10.7. The fourth-order valence-corrected chi connectivity index (χ4v) is 1.81. The van der Waals surface area contributed by atoms with Crippen LogP contribution in [0.5, 0.6) is 0 Å². The molecule has 0 heterocycles. The third-order valence-electron chi connectivity index (χ3n) is 1.64. The first-order valence-corrected chi connectivity index (χ1v) is 5.38. The summed E-state index contributed by atoms with van der Waals surface area (Å²) in [6.45, 7) is 1.84. The van der Waals surface area contributed by atoms with Gasteiger partial charge in [0.2, 0.25) is 0 Å². The Kier molecular flexibility index (Phi) is 5.24. The molecule has 0 unspecified atom stereocenters. The first-order valence-electron chi connectivity index (χ1n) is 3.58. The molecule has 1 aromatic rings. The molecule has 71 valence electrons. The van der Waals surface area contributed by atoms with Gasteiger partial charge in [0, 0.05) is 24.4 Å². The molecule has 0 aliphatic rings. The maximum Gasteiger partial charge on any atom is 0.329 e. The van der Waals surface area contributed by atoms with E-state index in [2.05, 4.69) is 0 Å². The predicted octanol–water partition coefficient (Wildman–Crippen LogP) is 1.29. The molecule has 0 aliphatic heterocycles. The van der Waals surface area contributed by atoms with Gasteiger partial charge in [-0.1, -0.05) is 24.3 Å². The zero-order chi connectivity index (χ0) is 9.19. The predicted molar refractivity (Wildman–Crippen MR) is 52.7 cm³/mol. The van der Waals surface area contributed by atoms with Crippen LogP contribution in [-0.4, -0.2) is 34.2 Å². The van der Waals surface area contributed by atoms with Gasteiger partial charge < -0.3 is 9.79 Å². The van der Waals surface area contributed by atoms with Crippen molar-refractivity contribution in [3.63, 3.8) is 0 Å². The smallest absolute Gasteiger partial charge is 0.324 e. The minimum atomic E-state index is -3.91. The molecule has 0 amide bonds. The summed E-state index contributed by atoms with van der Waals surface area (Å²) >= 11 is 0. The Balaban J connectivity index is 0.00000144. The molecule has 0 bridgehead atoms. The molecule has 13 heavy (non-hydrogen) atoms. The van der Waals surface area contributed by atoms with Crippen molar-refractivity contribution in [2.24, 2.45) is 0 Å². The van der Waals surface area contributed by atoms with Gasteiger partial charge in [-0.05, 0) is 18.1 Å². The summed E-state index contributed by atoms with van der Waals surface area (Å²) in [5.74, 6) is 0. The Morgan fingerprint density at radius 1 is 1.31 bits per heavy atom. The molecular formula is C8H11O3PSb. The summed E-state index contributed by atoms with van der Waals surface area (Å²) in [6.07, 6.45) is -0.167. The van der Waals surface area contributed by atoms with Gasteiger partial charge in [-0.15, -0.1) is 0 Å². The Morgan fingerprint density at radius 2 is 1.85 bits per heavy atom. The molecule has 3 radical (unpaired) electrons. The molecule has 0 saturated heterocycles. The van der Waals surface area contributed by atoms with Gasteiger partial charge in [-0.3, -0.25) is 4.57 Å². The number of rotatable bonds is 2. The van der Waals surface area contributed by atoms with Gasteiger partial charge in [-0.2, -0.15) is 0 Å². The van der Waals surface area contributed by atoms with E-state index in [1.54, 1.807) is 12.1 Å². The van der Waals surface area contributed by atoms with Gasteiger partial charge in [0.05, 0.1) is 6.16 Å². The Bertz CT molecular complexity index is 321. The van der Waals surface area contributed by atoms with Gasteiger partial charge in [0.15, 0.2) is 0 Å². The summed E-state index contributed by atoms with van der Waals surface area (Å²) in [7, 11) is -3.91. The van der Waals surface area contributed by atoms with E-state index in [4.69, 9.17) is 9.79 Å². The number of hydrogen-bond donors (Lipinski definition) is 2. The molecule has 0 spiro atoms. The first kappa shape index (κ1) is 13.2. The minimum absolute atomic E-state index is 0. The Morgan fingerprint density at radius 3 is 2.31 bits per heavy atom. The minimum Gasteiger partial charge on any atom is -0.324 e. The largest absolute Gasteiger partial charge is 0.329 e. The van der Waals surface area contributed by atoms with Crippen LogP contribution in [0.2, 0.25) is 0 Å².